The number of amides is 1. The Morgan fingerprint density at radius 1 is 1.32 bits per heavy atom. The van der Waals surface area contributed by atoms with E-state index in [1.54, 1.807) is 18.3 Å². The molecule has 0 radical (unpaired) electrons. The monoisotopic (exact) mass is 381 g/mol. The highest BCUT2D eigenvalue weighted by atomic mass is 16.5. The van der Waals surface area contributed by atoms with Gasteiger partial charge in [0.1, 0.15) is 11.3 Å². The van der Waals surface area contributed by atoms with Gasteiger partial charge in [-0.05, 0) is 17.7 Å². The molecule has 2 N–H and O–H groups in total. The Labute approximate surface area is 159 Å². The summed E-state index contributed by atoms with van der Waals surface area (Å²) in [5.41, 5.74) is 1.31. The van der Waals surface area contributed by atoms with Crippen molar-refractivity contribution in [2.45, 2.75) is 12.5 Å². The minimum absolute atomic E-state index is 0.0746. The van der Waals surface area contributed by atoms with Gasteiger partial charge in [-0.2, -0.15) is 0 Å². The number of nitrogens with zero attached hydrogens (tertiary/aromatic N) is 3. The number of benzene rings is 1. The molecule has 0 fully saturated rings. The molecule has 9 heteroatoms. The molecule has 0 saturated carbocycles. The van der Waals surface area contributed by atoms with E-state index in [1.807, 2.05) is 24.3 Å². The number of aromatic nitrogens is 4. The number of ether oxygens (including phenoxy) is 1. The minimum Gasteiger partial charge on any atom is -0.497 e. The van der Waals surface area contributed by atoms with Gasteiger partial charge < -0.3 is 19.2 Å². The summed E-state index contributed by atoms with van der Waals surface area (Å²) in [5, 5.41) is 0. The van der Waals surface area contributed by atoms with Crippen LogP contribution in [0.4, 0.5) is 0 Å². The lowest BCUT2D eigenvalue weighted by Gasteiger charge is -2.32. The van der Waals surface area contributed by atoms with Crippen molar-refractivity contribution < 1.29 is 9.53 Å². The summed E-state index contributed by atoms with van der Waals surface area (Å²) >= 11 is 0. The number of methoxy groups -OCH3 is 1. The van der Waals surface area contributed by atoms with E-state index in [2.05, 4.69) is 15.0 Å². The van der Waals surface area contributed by atoms with E-state index in [-0.39, 0.29) is 11.5 Å². The quantitative estimate of drug-likeness (QED) is 0.690. The fourth-order valence-corrected chi connectivity index (χ4v) is 3.48. The molecule has 28 heavy (non-hydrogen) atoms. The molecule has 1 aliphatic heterocycles. The van der Waals surface area contributed by atoms with Crippen LogP contribution >= 0.6 is 0 Å². The molecule has 4 rings (SSSR count). The number of imidazole rings is 1. The SMILES string of the molecule is COc1cccc(C2CN(C(=O)c3cn(C)c(=O)[nH]c3=O)Cc3[nH]cnc32)c1. The van der Waals surface area contributed by atoms with E-state index >= 15 is 0 Å². The summed E-state index contributed by atoms with van der Waals surface area (Å²) in [6, 6.07) is 7.61. The average Bonchev–Trinajstić information content (AvgIpc) is 3.18. The molecule has 144 valence electrons. The molecule has 1 amide bonds. The van der Waals surface area contributed by atoms with Crippen LogP contribution in [0.15, 0.2) is 46.4 Å². The molecule has 3 heterocycles. The first-order valence-electron chi connectivity index (χ1n) is 8.73. The highest BCUT2D eigenvalue weighted by molar-refractivity contribution is 5.93. The lowest BCUT2D eigenvalue weighted by Crippen LogP contribution is -2.42. The predicted molar refractivity (Wildman–Crippen MR) is 100 cm³/mol. The third-order valence-electron chi connectivity index (χ3n) is 4.96. The van der Waals surface area contributed by atoms with E-state index in [9.17, 15) is 14.4 Å². The van der Waals surface area contributed by atoms with Gasteiger partial charge in [0.25, 0.3) is 11.5 Å². The molecular weight excluding hydrogens is 362 g/mol. The number of nitrogens with one attached hydrogen (secondary N) is 2. The van der Waals surface area contributed by atoms with Crippen LogP contribution in [0.2, 0.25) is 0 Å². The molecule has 1 unspecified atom stereocenters. The second-order valence-electron chi connectivity index (χ2n) is 6.69. The number of hydrogen-bond donors (Lipinski definition) is 2. The first-order valence-corrected chi connectivity index (χ1v) is 8.73. The van der Waals surface area contributed by atoms with Crippen LogP contribution in [-0.4, -0.2) is 44.0 Å². The van der Waals surface area contributed by atoms with Crippen molar-refractivity contribution in [1.29, 1.82) is 0 Å². The fourth-order valence-electron chi connectivity index (χ4n) is 3.48. The Morgan fingerprint density at radius 2 is 2.14 bits per heavy atom. The number of aromatic amines is 2. The molecule has 2 aromatic heterocycles. The minimum atomic E-state index is -0.693. The van der Waals surface area contributed by atoms with Gasteiger partial charge in [-0.25, -0.2) is 9.78 Å². The highest BCUT2D eigenvalue weighted by Gasteiger charge is 2.33. The molecular formula is C19H19N5O4. The summed E-state index contributed by atoms with van der Waals surface area (Å²) in [4.78, 5) is 48.0. The maximum atomic E-state index is 13.0. The number of carbonyl (C=O) groups excluding carboxylic acids is 1. The van der Waals surface area contributed by atoms with Crippen LogP contribution in [0.5, 0.6) is 5.75 Å². The van der Waals surface area contributed by atoms with Crippen molar-refractivity contribution in [3.05, 3.63) is 80.1 Å². The normalized spacial score (nSPS) is 15.9. The largest absolute Gasteiger partial charge is 0.497 e. The van der Waals surface area contributed by atoms with Gasteiger partial charge in [0.15, 0.2) is 0 Å². The Balaban J connectivity index is 1.73. The van der Waals surface area contributed by atoms with E-state index in [0.717, 1.165) is 17.0 Å². The molecule has 0 spiro atoms. The lowest BCUT2D eigenvalue weighted by molar-refractivity contribution is 0.0719. The summed E-state index contributed by atoms with van der Waals surface area (Å²) in [7, 11) is 3.08. The average molecular weight is 381 g/mol. The Kier molecular flexibility index (Phi) is 4.34. The van der Waals surface area contributed by atoms with Crippen LogP contribution in [0.3, 0.4) is 0 Å². The van der Waals surface area contributed by atoms with Crippen LogP contribution in [0.25, 0.3) is 0 Å². The highest BCUT2D eigenvalue weighted by Crippen LogP contribution is 2.33. The van der Waals surface area contributed by atoms with E-state index in [4.69, 9.17) is 4.74 Å². The molecule has 1 aliphatic rings. The zero-order valence-electron chi connectivity index (χ0n) is 15.4. The van der Waals surface area contributed by atoms with Gasteiger partial charge in [-0.15, -0.1) is 0 Å². The summed E-state index contributed by atoms with van der Waals surface area (Å²) < 4.78 is 6.49. The standard InChI is InChI=1S/C19H19N5O4/c1-23-7-14(17(25)22-19(23)27)18(26)24-8-13(16-15(9-24)20-10-21-16)11-4-3-5-12(6-11)28-2/h3-7,10,13H,8-9H2,1-2H3,(H,20,21)(H,22,25,27). The Morgan fingerprint density at radius 3 is 2.93 bits per heavy atom. The smallest absolute Gasteiger partial charge is 0.328 e. The number of carbonyl (C=O) groups is 1. The maximum Gasteiger partial charge on any atom is 0.328 e. The van der Waals surface area contributed by atoms with Crippen LogP contribution in [0, 0.1) is 0 Å². The van der Waals surface area contributed by atoms with Crippen molar-refractivity contribution >= 4 is 5.91 Å². The number of fused-ring (bicyclic) bond motifs is 1. The molecule has 1 aromatic carbocycles. The lowest BCUT2D eigenvalue weighted by atomic mass is 9.90. The van der Waals surface area contributed by atoms with Gasteiger partial charge in [-0.1, -0.05) is 12.1 Å². The van der Waals surface area contributed by atoms with Crippen molar-refractivity contribution in [3.8, 4) is 5.75 Å². The van der Waals surface area contributed by atoms with Gasteiger partial charge in [-0.3, -0.25) is 14.6 Å². The number of H-pyrrole nitrogens is 2. The number of hydrogen-bond acceptors (Lipinski definition) is 5. The third-order valence-corrected chi connectivity index (χ3v) is 4.96. The zero-order chi connectivity index (χ0) is 19.8. The topological polar surface area (TPSA) is 113 Å². The molecule has 0 saturated heterocycles. The predicted octanol–water partition coefficient (Wildman–Crippen LogP) is 0.593. The number of aryl methyl sites for hydroxylation is 1. The third kappa shape index (κ3) is 3.00. The van der Waals surface area contributed by atoms with Crippen molar-refractivity contribution in [1.82, 2.24) is 24.4 Å². The Hall–Kier alpha value is -3.62. The van der Waals surface area contributed by atoms with Gasteiger partial charge in [0.2, 0.25) is 0 Å². The van der Waals surface area contributed by atoms with Crippen molar-refractivity contribution in [3.63, 3.8) is 0 Å². The fraction of sp³-hybridized carbons (Fsp3) is 0.263. The first-order chi connectivity index (χ1) is 13.5. The zero-order valence-corrected chi connectivity index (χ0v) is 15.4. The second kappa shape index (κ2) is 6.84. The van der Waals surface area contributed by atoms with Gasteiger partial charge in [0, 0.05) is 25.7 Å². The molecule has 1 atom stereocenters. The van der Waals surface area contributed by atoms with Crippen LogP contribution in [-0.2, 0) is 13.6 Å². The molecule has 3 aromatic rings. The first kappa shape index (κ1) is 17.8. The Bertz CT molecular complexity index is 1160. The maximum absolute atomic E-state index is 13.0. The van der Waals surface area contributed by atoms with Gasteiger partial charge >= 0.3 is 5.69 Å². The number of rotatable bonds is 3. The molecule has 0 bridgehead atoms. The van der Waals surface area contributed by atoms with E-state index in [1.165, 1.54) is 17.8 Å². The van der Waals surface area contributed by atoms with Crippen molar-refractivity contribution in [2.24, 2.45) is 7.05 Å². The summed E-state index contributed by atoms with van der Waals surface area (Å²) in [6.07, 6.45) is 2.87. The van der Waals surface area contributed by atoms with E-state index in [0.29, 0.717) is 18.8 Å². The second-order valence-corrected chi connectivity index (χ2v) is 6.69. The summed E-state index contributed by atoms with van der Waals surface area (Å²) in [6.45, 7) is 0.656. The van der Waals surface area contributed by atoms with Crippen LogP contribution < -0.4 is 16.0 Å². The van der Waals surface area contributed by atoms with E-state index < -0.39 is 17.2 Å². The van der Waals surface area contributed by atoms with Crippen molar-refractivity contribution in [2.75, 3.05) is 13.7 Å². The molecule has 9 nitrogen and oxygen atoms in total. The van der Waals surface area contributed by atoms with Gasteiger partial charge in [0.05, 0.1) is 31.4 Å². The van der Waals surface area contributed by atoms with Crippen LogP contribution in [0.1, 0.15) is 33.2 Å². The molecule has 0 aliphatic carbocycles. The summed E-state index contributed by atoms with van der Waals surface area (Å²) in [5.74, 6) is 0.109.